The molecule has 1 aromatic heterocycles. The average Bonchev–Trinajstić information content (AvgIpc) is 2.99. The van der Waals surface area contributed by atoms with E-state index in [0.29, 0.717) is 22.4 Å². The second-order valence-electron chi connectivity index (χ2n) is 3.89. The van der Waals surface area contributed by atoms with Crippen molar-refractivity contribution in [2.24, 2.45) is 0 Å². The smallest absolute Gasteiger partial charge is 0.288 e. The summed E-state index contributed by atoms with van der Waals surface area (Å²) in [4.78, 5) is 26.4. The molecule has 2 aromatic rings. The Labute approximate surface area is 123 Å². The number of halogens is 2. The van der Waals surface area contributed by atoms with Gasteiger partial charge >= 0.3 is 0 Å². The number of hydrogen-bond donors (Lipinski definition) is 3. The van der Waals surface area contributed by atoms with E-state index in [4.69, 9.17) is 0 Å². The Bertz CT molecular complexity index is 615. The Kier molecular flexibility index (Phi) is 4.94. The minimum Gasteiger partial charge on any atom is -0.357 e. The number of hydrogen-bond acceptors (Lipinski definition) is 3. The van der Waals surface area contributed by atoms with Crippen LogP contribution in [0, 0.1) is 0 Å². The molecule has 1 aromatic carbocycles. The number of amides is 2. The predicted octanol–water partition coefficient (Wildman–Crippen LogP) is 2.40. The Morgan fingerprint density at radius 3 is 2.29 bits per heavy atom. The Morgan fingerprint density at radius 1 is 1.05 bits per heavy atom. The molecule has 2 amide bonds. The van der Waals surface area contributed by atoms with Crippen molar-refractivity contribution in [3.8, 4) is 0 Å². The van der Waals surface area contributed by atoms with E-state index in [9.17, 15) is 18.4 Å². The van der Waals surface area contributed by atoms with Crippen LogP contribution in [0.2, 0.25) is 0 Å². The number of carbonyl (C=O) groups is 2. The van der Waals surface area contributed by atoms with Gasteiger partial charge < -0.3 is 4.98 Å². The molecule has 0 bridgehead atoms. The first kappa shape index (κ1) is 15.0. The first-order chi connectivity index (χ1) is 10.1. The predicted molar refractivity (Wildman–Crippen MR) is 74.0 cm³/mol. The van der Waals surface area contributed by atoms with Gasteiger partial charge in [0, 0.05) is 16.7 Å². The van der Waals surface area contributed by atoms with E-state index in [0.717, 1.165) is 0 Å². The van der Waals surface area contributed by atoms with Crippen molar-refractivity contribution in [1.29, 1.82) is 0 Å². The van der Waals surface area contributed by atoms with Gasteiger partial charge in [0.25, 0.3) is 17.6 Å². The topological polar surface area (TPSA) is 74.0 Å². The molecule has 0 spiro atoms. The van der Waals surface area contributed by atoms with E-state index >= 15 is 0 Å². The van der Waals surface area contributed by atoms with Gasteiger partial charge in [0.2, 0.25) is 0 Å². The molecule has 5 nitrogen and oxygen atoms in total. The number of rotatable bonds is 4. The summed E-state index contributed by atoms with van der Waals surface area (Å²) in [5, 5.41) is 0. The quantitative estimate of drug-likeness (QED) is 0.599. The fraction of sp³-hybridized carbons (Fsp3) is 0.0769. The normalized spacial score (nSPS) is 10.4. The van der Waals surface area contributed by atoms with E-state index < -0.39 is 17.6 Å². The van der Waals surface area contributed by atoms with E-state index in [-0.39, 0.29) is 5.56 Å². The number of H-pyrrole nitrogens is 1. The van der Waals surface area contributed by atoms with Crippen LogP contribution in [0.3, 0.4) is 0 Å². The average molecular weight is 311 g/mol. The van der Waals surface area contributed by atoms with Gasteiger partial charge in [-0.25, -0.2) is 0 Å². The third-order valence-corrected chi connectivity index (χ3v) is 3.20. The fourth-order valence-electron chi connectivity index (χ4n) is 1.51. The SMILES string of the molecule is O=C(NNC(=O)c1ccc[nH]1)c1ccc(SC(F)F)cc1. The molecular weight excluding hydrogens is 300 g/mol. The fourth-order valence-corrected chi connectivity index (χ4v) is 2.01. The zero-order valence-electron chi connectivity index (χ0n) is 10.6. The second kappa shape index (κ2) is 6.89. The maximum atomic E-state index is 12.2. The highest BCUT2D eigenvalue weighted by atomic mass is 32.2. The molecule has 0 radical (unpaired) electrons. The van der Waals surface area contributed by atoms with Crippen molar-refractivity contribution >= 4 is 23.6 Å². The summed E-state index contributed by atoms with van der Waals surface area (Å²) in [5.74, 6) is -3.54. The van der Waals surface area contributed by atoms with Gasteiger partial charge in [-0.1, -0.05) is 11.8 Å². The van der Waals surface area contributed by atoms with Crippen LogP contribution in [0.1, 0.15) is 20.8 Å². The number of carbonyl (C=O) groups excluding carboxylic acids is 2. The van der Waals surface area contributed by atoms with E-state index in [2.05, 4.69) is 15.8 Å². The highest BCUT2D eigenvalue weighted by Gasteiger charge is 2.10. The first-order valence-corrected chi connectivity index (χ1v) is 6.73. The largest absolute Gasteiger partial charge is 0.357 e. The van der Waals surface area contributed by atoms with Crippen LogP contribution in [-0.2, 0) is 0 Å². The van der Waals surface area contributed by atoms with Crippen LogP contribution in [0.25, 0.3) is 0 Å². The number of benzene rings is 1. The van der Waals surface area contributed by atoms with Gasteiger partial charge in [0.05, 0.1) is 0 Å². The standard InChI is InChI=1S/C13H11F2N3O2S/c14-13(15)21-9-5-3-8(4-6-9)11(19)17-18-12(20)10-2-1-7-16-10/h1-7,13,16H,(H,17,19)(H,18,20). The summed E-state index contributed by atoms with van der Waals surface area (Å²) >= 11 is 0.396. The number of alkyl halides is 2. The number of aromatic nitrogens is 1. The Hall–Kier alpha value is -2.35. The van der Waals surface area contributed by atoms with Crippen LogP contribution >= 0.6 is 11.8 Å². The monoisotopic (exact) mass is 311 g/mol. The first-order valence-electron chi connectivity index (χ1n) is 5.85. The number of aromatic amines is 1. The van der Waals surface area contributed by atoms with E-state index in [1.807, 2.05) is 0 Å². The molecule has 2 rings (SSSR count). The molecule has 8 heteroatoms. The van der Waals surface area contributed by atoms with Crippen LogP contribution in [0.15, 0.2) is 47.5 Å². The molecule has 110 valence electrons. The molecule has 0 fully saturated rings. The summed E-state index contributed by atoms with van der Waals surface area (Å²) in [5.41, 5.74) is 5.02. The molecule has 0 saturated carbocycles. The van der Waals surface area contributed by atoms with Crippen LogP contribution in [0.4, 0.5) is 8.78 Å². The minimum absolute atomic E-state index is 0.250. The zero-order chi connectivity index (χ0) is 15.2. The number of hydrazine groups is 1. The minimum atomic E-state index is -2.51. The molecule has 0 atom stereocenters. The molecule has 21 heavy (non-hydrogen) atoms. The van der Waals surface area contributed by atoms with Gasteiger partial charge in [0.15, 0.2) is 0 Å². The molecule has 0 aliphatic carbocycles. The van der Waals surface area contributed by atoms with Crippen LogP contribution in [0.5, 0.6) is 0 Å². The molecule has 0 aliphatic rings. The molecule has 0 saturated heterocycles. The lowest BCUT2D eigenvalue weighted by atomic mass is 10.2. The summed E-state index contributed by atoms with van der Waals surface area (Å²) in [6, 6.07) is 8.84. The van der Waals surface area contributed by atoms with Gasteiger partial charge in [-0.2, -0.15) is 8.78 Å². The highest BCUT2D eigenvalue weighted by Crippen LogP contribution is 2.24. The van der Waals surface area contributed by atoms with Crippen molar-refractivity contribution in [3.05, 3.63) is 53.9 Å². The van der Waals surface area contributed by atoms with Gasteiger partial charge in [-0.15, -0.1) is 0 Å². The third kappa shape index (κ3) is 4.32. The molecule has 0 unspecified atom stereocenters. The number of thioether (sulfide) groups is 1. The van der Waals surface area contributed by atoms with Crippen molar-refractivity contribution in [1.82, 2.24) is 15.8 Å². The molecule has 3 N–H and O–H groups in total. The molecule has 1 heterocycles. The maximum Gasteiger partial charge on any atom is 0.288 e. The summed E-state index contributed by atoms with van der Waals surface area (Å²) in [6.45, 7) is 0. The maximum absolute atomic E-state index is 12.2. The van der Waals surface area contributed by atoms with Gasteiger partial charge in [-0.3, -0.25) is 20.4 Å². The van der Waals surface area contributed by atoms with Gasteiger partial charge in [0.1, 0.15) is 5.69 Å². The van der Waals surface area contributed by atoms with Gasteiger partial charge in [-0.05, 0) is 36.4 Å². The highest BCUT2D eigenvalue weighted by molar-refractivity contribution is 7.99. The summed E-state index contributed by atoms with van der Waals surface area (Å²) in [6.07, 6.45) is 1.58. The molecule has 0 aliphatic heterocycles. The summed E-state index contributed by atoms with van der Waals surface area (Å²) in [7, 11) is 0. The lowest BCUT2D eigenvalue weighted by Crippen LogP contribution is -2.41. The van der Waals surface area contributed by atoms with Crippen molar-refractivity contribution < 1.29 is 18.4 Å². The van der Waals surface area contributed by atoms with E-state index in [1.54, 1.807) is 18.3 Å². The van der Waals surface area contributed by atoms with Crippen molar-refractivity contribution in [3.63, 3.8) is 0 Å². The van der Waals surface area contributed by atoms with E-state index in [1.165, 1.54) is 24.3 Å². The Balaban J connectivity index is 1.90. The lowest BCUT2D eigenvalue weighted by Gasteiger charge is -2.07. The van der Waals surface area contributed by atoms with Crippen LogP contribution in [-0.4, -0.2) is 22.6 Å². The second-order valence-corrected chi connectivity index (χ2v) is 4.96. The van der Waals surface area contributed by atoms with Crippen LogP contribution < -0.4 is 10.9 Å². The number of nitrogens with one attached hydrogen (secondary N) is 3. The summed E-state index contributed by atoms with van der Waals surface area (Å²) < 4.78 is 24.3. The zero-order valence-corrected chi connectivity index (χ0v) is 11.4. The molecular formula is C13H11F2N3O2S. The van der Waals surface area contributed by atoms with Crippen molar-refractivity contribution in [2.45, 2.75) is 10.7 Å². The third-order valence-electron chi connectivity index (χ3n) is 2.47. The van der Waals surface area contributed by atoms with Crippen molar-refractivity contribution in [2.75, 3.05) is 0 Å². The lowest BCUT2D eigenvalue weighted by molar-refractivity contribution is 0.0844. The Morgan fingerprint density at radius 2 is 1.71 bits per heavy atom.